The van der Waals surface area contributed by atoms with Crippen molar-refractivity contribution in [1.29, 1.82) is 0 Å². The molecule has 2 rings (SSSR count). The van der Waals surface area contributed by atoms with Crippen LogP contribution in [0.3, 0.4) is 0 Å². The molecule has 88 valence electrons. The lowest BCUT2D eigenvalue weighted by molar-refractivity contribution is 0.0942. The van der Waals surface area contributed by atoms with Crippen molar-refractivity contribution in [2.24, 2.45) is 5.92 Å². The van der Waals surface area contributed by atoms with Crippen molar-refractivity contribution in [2.45, 2.75) is 0 Å². The molecule has 0 radical (unpaired) electrons. The van der Waals surface area contributed by atoms with Gasteiger partial charge in [-0.3, -0.25) is 4.79 Å². The highest BCUT2D eigenvalue weighted by atomic mass is 79.9. The first-order valence-electron chi connectivity index (χ1n) is 5.00. The second kappa shape index (κ2) is 6.23. The lowest BCUT2D eigenvalue weighted by atomic mass is 10.0. The summed E-state index contributed by atoms with van der Waals surface area (Å²) in [5.41, 5.74) is 0.705. The summed E-state index contributed by atoms with van der Waals surface area (Å²) in [6.45, 7) is 2.79. The summed E-state index contributed by atoms with van der Waals surface area (Å²) in [6.07, 6.45) is 0. The molecule has 3 nitrogen and oxygen atoms in total. The zero-order chi connectivity index (χ0) is 10.7. The van der Waals surface area contributed by atoms with E-state index in [1.165, 1.54) is 0 Å². The van der Waals surface area contributed by atoms with Crippen LogP contribution < -0.4 is 10.6 Å². The summed E-state index contributed by atoms with van der Waals surface area (Å²) in [4.78, 5) is 11.7. The van der Waals surface area contributed by atoms with Crippen LogP contribution >= 0.6 is 28.3 Å². The van der Waals surface area contributed by atoms with Gasteiger partial charge in [0.15, 0.2) is 0 Å². The Hall–Kier alpha value is -0.580. The zero-order valence-electron chi connectivity index (χ0n) is 8.70. The maximum absolute atomic E-state index is 11.7. The van der Waals surface area contributed by atoms with E-state index in [1.54, 1.807) is 0 Å². The molecule has 1 aromatic rings. The predicted octanol–water partition coefficient (Wildman–Crippen LogP) is 1.82. The molecule has 2 N–H and O–H groups in total. The van der Waals surface area contributed by atoms with Crippen LogP contribution in [-0.4, -0.2) is 25.5 Å². The van der Waals surface area contributed by atoms with E-state index in [1.807, 2.05) is 24.3 Å². The van der Waals surface area contributed by atoms with Gasteiger partial charge in [0, 0.05) is 35.6 Å². The summed E-state index contributed by atoms with van der Waals surface area (Å²) in [5.74, 6) is 0.601. The van der Waals surface area contributed by atoms with Crippen LogP contribution in [0.2, 0.25) is 0 Å². The van der Waals surface area contributed by atoms with Crippen LogP contribution in [0.15, 0.2) is 28.7 Å². The Balaban J connectivity index is 0.00000128. The lowest BCUT2D eigenvalue weighted by Gasteiger charge is -2.27. The molecule has 0 atom stereocenters. The molecule has 0 bridgehead atoms. The predicted molar refractivity (Wildman–Crippen MR) is 70.1 cm³/mol. The largest absolute Gasteiger partial charge is 0.352 e. The van der Waals surface area contributed by atoms with Gasteiger partial charge < -0.3 is 10.6 Å². The van der Waals surface area contributed by atoms with Crippen LogP contribution in [0.5, 0.6) is 0 Å². The fourth-order valence-electron chi connectivity index (χ4n) is 1.46. The van der Waals surface area contributed by atoms with Gasteiger partial charge in [-0.15, -0.1) is 12.4 Å². The third-order valence-corrected chi connectivity index (χ3v) is 3.00. The number of carbonyl (C=O) groups excluding carboxylic acids is 1. The Kier molecular flexibility index (Phi) is 5.25. The zero-order valence-corrected chi connectivity index (χ0v) is 11.1. The van der Waals surface area contributed by atoms with Crippen LogP contribution in [0.4, 0.5) is 0 Å². The third kappa shape index (κ3) is 3.47. The molecule has 1 heterocycles. The Labute approximate surface area is 110 Å². The first-order chi connectivity index (χ1) is 7.25. The Morgan fingerprint density at radius 2 is 2.25 bits per heavy atom. The van der Waals surface area contributed by atoms with Crippen molar-refractivity contribution in [1.82, 2.24) is 10.6 Å². The number of rotatable bonds is 3. The van der Waals surface area contributed by atoms with E-state index in [2.05, 4.69) is 26.6 Å². The molecule has 0 aromatic heterocycles. The minimum atomic E-state index is 0. The molecule has 1 fully saturated rings. The number of benzene rings is 1. The van der Waals surface area contributed by atoms with Crippen molar-refractivity contribution in [3.05, 3.63) is 34.3 Å². The number of amides is 1. The first kappa shape index (κ1) is 13.5. The van der Waals surface area contributed by atoms with E-state index in [-0.39, 0.29) is 18.3 Å². The normalized spacial score (nSPS) is 14.8. The first-order valence-corrected chi connectivity index (χ1v) is 5.79. The van der Waals surface area contributed by atoms with Gasteiger partial charge in [0.2, 0.25) is 0 Å². The molecule has 1 aliphatic rings. The van der Waals surface area contributed by atoms with Gasteiger partial charge >= 0.3 is 0 Å². The highest BCUT2D eigenvalue weighted by molar-refractivity contribution is 9.10. The Morgan fingerprint density at radius 3 is 2.81 bits per heavy atom. The molecule has 0 unspecified atom stereocenters. The summed E-state index contributed by atoms with van der Waals surface area (Å²) in [7, 11) is 0. The molecule has 5 heteroatoms. The average Bonchev–Trinajstić information content (AvgIpc) is 2.15. The quantitative estimate of drug-likeness (QED) is 0.894. The van der Waals surface area contributed by atoms with Gasteiger partial charge in [-0.1, -0.05) is 22.0 Å². The average molecular weight is 306 g/mol. The van der Waals surface area contributed by atoms with E-state index in [4.69, 9.17) is 0 Å². The van der Waals surface area contributed by atoms with Crippen molar-refractivity contribution in [3.63, 3.8) is 0 Å². The third-order valence-electron chi connectivity index (χ3n) is 2.50. The topological polar surface area (TPSA) is 41.1 Å². The molecule has 0 spiro atoms. The van der Waals surface area contributed by atoms with Gasteiger partial charge in [0.25, 0.3) is 5.91 Å². The fraction of sp³-hybridized carbons (Fsp3) is 0.364. The van der Waals surface area contributed by atoms with E-state index >= 15 is 0 Å². The van der Waals surface area contributed by atoms with Crippen LogP contribution in [0.1, 0.15) is 10.4 Å². The van der Waals surface area contributed by atoms with Gasteiger partial charge in [0.05, 0.1) is 0 Å². The number of hydrogen-bond acceptors (Lipinski definition) is 2. The summed E-state index contributed by atoms with van der Waals surface area (Å²) in [5, 5.41) is 6.10. The monoisotopic (exact) mass is 304 g/mol. The lowest BCUT2D eigenvalue weighted by Crippen LogP contribution is -2.48. The van der Waals surface area contributed by atoms with Crippen molar-refractivity contribution < 1.29 is 4.79 Å². The highest BCUT2D eigenvalue weighted by Crippen LogP contribution is 2.11. The number of halogens is 2. The molecule has 1 amide bonds. The van der Waals surface area contributed by atoms with Gasteiger partial charge in [-0.2, -0.15) is 0 Å². The standard InChI is InChI=1S/C11H13BrN2O.ClH/c12-10-3-1-2-9(4-10)11(15)14-7-8-5-13-6-8;/h1-4,8,13H,5-7H2,(H,14,15);1H. The molecule has 1 aromatic carbocycles. The minimum Gasteiger partial charge on any atom is -0.352 e. The summed E-state index contributed by atoms with van der Waals surface area (Å²) >= 11 is 3.35. The number of nitrogens with one attached hydrogen (secondary N) is 2. The molecule has 1 saturated heterocycles. The smallest absolute Gasteiger partial charge is 0.251 e. The second-order valence-electron chi connectivity index (χ2n) is 3.74. The highest BCUT2D eigenvalue weighted by Gasteiger charge is 2.17. The van der Waals surface area contributed by atoms with E-state index in [0.717, 1.165) is 24.1 Å². The van der Waals surface area contributed by atoms with Crippen LogP contribution in [-0.2, 0) is 0 Å². The molecule has 1 aliphatic heterocycles. The van der Waals surface area contributed by atoms with Crippen molar-refractivity contribution in [3.8, 4) is 0 Å². The van der Waals surface area contributed by atoms with E-state index in [9.17, 15) is 4.79 Å². The molecule has 0 aliphatic carbocycles. The van der Waals surface area contributed by atoms with Gasteiger partial charge in [-0.05, 0) is 18.2 Å². The van der Waals surface area contributed by atoms with Crippen LogP contribution in [0.25, 0.3) is 0 Å². The number of hydrogen-bond donors (Lipinski definition) is 2. The molecule has 0 saturated carbocycles. The molecular weight excluding hydrogens is 291 g/mol. The van der Waals surface area contributed by atoms with E-state index < -0.39 is 0 Å². The van der Waals surface area contributed by atoms with Crippen LogP contribution in [0, 0.1) is 5.92 Å². The summed E-state index contributed by atoms with van der Waals surface area (Å²) in [6, 6.07) is 7.42. The Bertz CT molecular complexity index is 369. The minimum absolute atomic E-state index is 0. The molecule has 16 heavy (non-hydrogen) atoms. The molecular formula is C11H14BrClN2O. The van der Waals surface area contributed by atoms with Gasteiger partial charge in [0.1, 0.15) is 0 Å². The van der Waals surface area contributed by atoms with Gasteiger partial charge in [-0.25, -0.2) is 0 Å². The number of carbonyl (C=O) groups is 1. The maximum atomic E-state index is 11.7. The summed E-state index contributed by atoms with van der Waals surface area (Å²) < 4.78 is 0.931. The van der Waals surface area contributed by atoms with Crippen molar-refractivity contribution in [2.75, 3.05) is 19.6 Å². The maximum Gasteiger partial charge on any atom is 0.251 e. The SMILES string of the molecule is Cl.O=C(NCC1CNC1)c1cccc(Br)c1. The Morgan fingerprint density at radius 1 is 1.50 bits per heavy atom. The van der Waals surface area contributed by atoms with E-state index in [0.29, 0.717) is 11.5 Å². The second-order valence-corrected chi connectivity index (χ2v) is 4.66. The fourth-order valence-corrected chi connectivity index (χ4v) is 1.86. The van der Waals surface area contributed by atoms with Crippen molar-refractivity contribution >= 4 is 34.2 Å².